The lowest BCUT2D eigenvalue weighted by Gasteiger charge is -2.35. The van der Waals surface area contributed by atoms with Crippen LogP contribution in [0.3, 0.4) is 0 Å². The van der Waals surface area contributed by atoms with Gasteiger partial charge in [0.15, 0.2) is 0 Å². The minimum atomic E-state index is -1.24. The van der Waals surface area contributed by atoms with Crippen LogP contribution in [0.5, 0.6) is 11.5 Å². The smallest absolute Gasteiger partial charge is 0.311 e. The van der Waals surface area contributed by atoms with E-state index in [1.54, 1.807) is 13.8 Å². The Labute approximate surface area is 152 Å². The van der Waals surface area contributed by atoms with Gasteiger partial charge in [-0.05, 0) is 19.1 Å². The number of Topliss-reactive ketones (excluding diaryl/α,β-unsaturated/α-hetero) is 1. The zero-order valence-electron chi connectivity index (χ0n) is 15.3. The van der Waals surface area contributed by atoms with Crippen LogP contribution in [-0.4, -0.2) is 44.4 Å². The highest BCUT2D eigenvalue weighted by molar-refractivity contribution is 5.85. The largest absolute Gasteiger partial charge is 0.508 e. The van der Waals surface area contributed by atoms with Gasteiger partial charge in [0, 0.05) is 29.4 Å². The SMILES string of the molecule is CC1C(=O)[C@H](C)[C@H](O)[C@@H](C)C(c2cc(O)cc(O)c2)OC(=O)[C@H](C)[C@H]1O. The normalized spacial score (nSPS) is 36.5. The summed E-state index contributed by atoms with van der Waals surface area (Å²) in [7, 11) is 0. The van der Waals surface area contributed by atoms with Gasteiger partial charge in [0.1, 0.15) is 23.4 Å². The van der Waals surface area contributed by atoms with Gasteiger partial charge in [0.25, 0.3) is 0 Å². The Morgan fingerprint density at radius 3 is 1.85 bits per heavy atom. The number of esters is 1. The highest BCUT2D eigenvalue weighted by Gasteiger charge is 2.42. The number of cyclic esters (lactones) is 1. The Bertz CT molecular complexity index is 666. The number of phenolic OH excluding ortho intramolecular Hbond substituents is 2. The van der Waals surface area contributed by atoms with E-state index in [4.69, 9.17) is 4.74 Å². The minimum absolute atomic E-state index is 0.222. The summed E-state index contributed by atoms with van der Waals surface area (Å²) in [6.07, 6.45) is -3.39. The summed E-state index contributed by atoms with van der Waals surface area (Å²) in [5, 5.41) is 40.5. The Kier molecular flexibility index (Phi) is 5.93. The van der Waals surface area contributed by atoms with E-state index in [0.29, 0.717) is 0 Å². The first-order valence-electron chi connectivity index (χ1n) is 8.67. The van der Waals surface area contributed by atoms with Crippen molar-refractivity contribution < 1.29 is 34.8 Å². The first-order valence-corrected chi connectivity index (χ1v) is 8.67. The molecule has 1 aliphatic heterocycles. The molecule has 2 unspecified atom stereocenters. The van der Waals surface area contributed by atoms with Gasteiger partial charge in [-0.3, -0.25) is 9.59 Å². The van der Waals surface area contributed by atoms with E-state index >= 15 is 0 Å². The molecule has 2 rings (SSSR count). The lowest BCUT2D eigenvalue weighted by molar-refractivity contribution is -0.168. The number of ether oxygens (including phenoxy) is 1. The molecule has 7 heteroatoms. The fraction of sp³-hybridized carbons (Fsp3) is 0.579. The molecule has 0 amide bonds. The van der Waals surface area contributed by atoms with Crippen LogP contribution in [0.25, 0.3) is 0 Å². The van der Waals surface area contributed by atoms with Gasteiger partial charge in [-0.2, -0.15) is 0 Å². The molecule has 1 aromatic rings. The van der Waals surface area contributed by atoms with Crippen LogP contribution in [0.1, 0.15) is 39.4 Å². The minimum Gasteiger partial charge on any atom is -0.508 e. The molecule has 1 saturated heterocycles. The van der Waals surface area contributed by atoms with Crippen molar-refractivity contribution in [3.8, 4) is 11.5 Å². The molecule has 0 radical (unpaired) electrons. The monoisotopic (exact) mass is 366 g/mol. The Balaban J connectivity index is 2.50. The third-order valence-electron chi connectivity index (χ3n) is 5.32. The Hall–Kier alpha value is -2.12. The lowest BCUT2D eigenvalue weighted by Crippen LogP contribution is -2.45. The number of aliphatic hydroxyl groups excluding tert-OH is 2. The Morgan fingerprint density at radius 1 is 0.808 bits per heavy atom. The maximum atomic E-state index is 12.6. The highest BCUT2D eigenvalue weighted by atomic mass is 16.5. The summed E-state index contributed by atoms with van der Waals surface area (Å²) >= 11 is 0. The molecule has 144 valence electrons. The van der Waals surface area contributed by atoms with Gasteiger partial charge < -0.3 is 25.2 Å². The third-order valence-corrected chi connectivity index (χ3v) is 5.32. The number of rotatable bonds is 1. The summed E-state index contributed by atoms with van der Waals surface area (Å²) in [4.78, 5) is 25.1. The van der Waals surface area contributed by atoms with Crippen LogP contribution in [0.2, 0.25) is 0 Å². The number of carbonyl (C=O) groups is 2. The molecule has 1 fully saturated rings. The van der Waals surface area contributed by atoms with Gasteiger partial charge in [-0.25, -0.2) is 0 Å². The van der Waals surface area contributed by atoms with E-state index in [1.807, 2.05) is 0 Å². The average Bonchev–Trinajstić information content (AvgIpc) is 2.59. The number of hydrogen-bond donors (Lipinski definition) is 4. The van der Waals surface area contributed by atoms with E-state index in [2.05, 4.69) is 0 Å². The van der Waals surface area contributed by atoms with Crippen molar-refractivity contribution in [2.24, 2.45) is 23.7 Å². The van der Waals surface area contributed by atoms with Crippen molar-refractivity contribution in [3.05, 3.63) is 23.8 Å². The number of hydrogen-bond acceptors (Lipinski definition) is 7. The molecule has 0 aliphatic carbocycles. The van der Waals surface area contributed by atoms with Crippen molar-refractivity contribution in [1.82, 2.24) is 0 Å². The molecule has 1 heterocycles. The van der Waals surface area contributed by atoms with Crippen LogP contribution in [0.15, 0.2) is 18.2 Å². The topological polar surface area (TPSA) is 124 Å². The summed E-state index contributed by atoms with van der Waals surface area (Å²) in [6, 6.07) is 3.78. The van der Waals surface area contributed by atoms with Crippen molar-refractivity contribution in [3.63, 3.8) is 0 Å². The number of carbonyl (C=O) groups excluding carboxylic acids is 2. The second kappa shape index (κ2) is 7.63. The Morgan fingerprint density at radius 2 is 1.31 bits per heavy atom. The van der Waals surface area contributed by atoms with Gasteiger partial charge in [-0.15, -0.1) is 0 Å². The fourth-order valence-corrected chi connectivity index (χ4v) is 3.45. The van der Waals surface area contributed by atoms with E-state index in [0.717, 1.165) is 6.07 Å². The van der Waals surface area contributed by atoms with Crippen LogP contribution in [0.4, 0.5) is 0 Å². The number of ketones is 1. The lowest BCUT2D eigenvalue weighted by atomic mass is 9.78. The van der Waals surface area contributed by atoms with Crippen molar-refractivity contribution in [2.45, 2.75) is 46.0 Å². The summed E-state index contributed by atoms with van der Waals surface area (Å²) < 4.78 is 5.53. The maximum absolute atomic E-state index is 12.6. The van der Waals surface area contributed by atoms with Crippen LogP contribution in [-0.2, 0) is 14.3 Å². The van der Waals surface area contributed by atoms with E-state index in [-0.39, 0.29) is 22.8 Å². The number of aliphatic hydroxyl groups is 2. The van der Waals surface area contributed by atoms with Crippen LogP contribution in [0, 0.1) is 23.7 Å². The summed E-state index contributed by atoms with van der Waals surface area (Å²) in [5.41, 5.74) is 0.289. The molecular weight excluding hydrogens is 340 g/mol. The summed E-state index contributed by atoms with van der Waals surface area (Å²) in [6.45, 7) is 6.19. The van der Waals surface area contributed by atoms with E-state index in [9.17, 15) is 30.0 Å². The van der Waals surface area contributed by atoms with Crippen LogP contribution >= 0.6 is 0 Å². The second-order valence-corrected chi connectivity index (χ2v) is 7.25. The van der Waals surface area contributed by atoms with Gasteiger partial charge in [0.05, 0.1) is 18.1 Å². The molecule has 4 N–H and O–H groups in total. The predicted octanol–water partition coefficient (Wildman–Crippen LogP) is 1.53. The maximum Gasteiger partial charge on any atom is 0.311 e. The molecule has 1 aromatic carbocycles. The molecular formula is C19H26O7. The van der Waals surface area contributed by atoms with Crippen LogP contribution < -0.4 is 0 Å². The fourth-order valence-electron chi connectivity index (χ4n) is 3.45. The quantitative estimate of drug-likeness (QED) is 0.556. The van der Waals surface area contributed by atoms with Crippen molar-refractivity contribution >= 4 is 11.8 Å². The number of phenols is 2. The van der Waals surface area contributed by atoms with Crippen molar-refractivity contribution in [2.75, 3.05) is 0 Å². The first-order chi connectivity index (χ1) is 12.0. The first kappa shape index (κ1) is 20.2. The molecule has 7 nitrogen and oxygen atoms in total. The summed E-state index contributed by atoms with van der Waals surface area (Å²) in [5.74, 6) is -4.75. The molecule has 0 aromatic heterocycles. The van der Waals surface area contributed by atoms with Gasteiger partial charge in [0.2, 0.25) is 0 Å². The van der Waals surface area contributed by atoms with Crippen molar-refractivity contribution in [1.29, 1.82) is 0 Å². The second-order valence-electron chi connectivity index (χ2n) is 7.25. The third kappa shape index (κ3) is 3.83. The van der Waals surface area contributed by atoms with Gasteiger partial charge >= 0.3 is 5.97 Å². The standard InChI is InChI=1S/C19H26O7/c1-8-15(22)9(2)17(24)11(4)19(25)26-18(10(3)16(8)23)12-5-13(20)7-14(21)6-12/h5-11,16-18,20-21,23-24H,1-4H3/t8-,9?,10+,11+,16-,17-,18?/m0/s1. The average molecular weight is 366 g/mol. The highest BCUT2D eigenvalue weighted by Crippen LogP contribution is 2.37. The van der Waals surface area contributed by atoms with E-state index in [1.165, 1.54) is 26.0 Å². The zero-order chi connectivity index (χ0) is 19.8. The number of benzene rings is 1. The predicted molar refractivity (Wildman–Crippen MR) is 92.3 cm³/mol. The molecule has 0 saturated carbocycles. The zero-order valence-corrected chi connectivity index (χ0v) is 15.3. The molecule has 0 bridgehead atoms. The molecule has 1 aliphatic rings. The molecule has 26 heavy (non-hydrogen) atoms. The molecule has 0 spiro atoms. The number of aromatic hydroxyl groups is 2. The van der Waals surface area contributed by atoms with Gasteiger partial charge in [-0.1, -0.05) is 20.8 Å². The van der Waals surface area contributed by atoms with E-state index < -0.39 is 48.0 Å². The molecule has 7 atom stereocenters.